The summed E-state index contributed by atoms with van der Waals surface area (Å²) in [4.78, 5) is 0. The Labute approximate surface area is 42.1 Å². The van der Waals surface area contributed by atoms with Crippen molar-refractivity contribution in [1.29, 1.82) is 0 Å². The summed E-state index contributed by atoms with van der Waals surface area (Å²) in [5.74, 6) is 0. The summed E-state index contributed by atoms with van der Waals surface area (Å²) in [5, 5.41) is 0. The van der Waals surface area contributed by atoms with Crippen LogP contribution in [0, 0.1) is 0 Å². The van der Waals surface area contributed by atoms with Crippen molar-refractivity contribution in [3.63, 3.8) is 0 Å². The molecule has 0 fully saturated rings. The number of hydrogen-bond donors (Lipinski definition) is 0. The average molecular weight is 256 g/mol. The topological polar surface area (TPSA) is 68.3 Å². The molecule has 0 aliphatic heterocycles. The molecule has 6 heteroatoms. The van der Waals surface area contributed by atoms with E-state index in [-0.39, 0.29) is 0 Å². The van der Waals surface area contributed by atoms with Gasteiger partial charge in [0.05, 0.1) is 0 Å². The zero-order valence-electron chi connectivity index (χ0n) is 2.45. The van der Waals surface area contributed by atoms with E-state index in [1.54, 1.807) is 0 Å². The van der Waals surface area contributed by atoms with Gasteiger partial charge in [0.25, 0.3) is 0 Å². The fourth-order valence-electron chi connectivity index (χ4n) is 0. The second-order valence-electron chi connectivity index (χ2n) is 0.476. The molecule has 36 valence electrons. The molecule has 0 aromatic carbocycles. The Kier molecular flexibility index (Phi) is 2.23. The van der Waals surface area contributed by atoms with Gasteiger partial charge in [-0.2, -0.15) is 0 Å². The Bertz CT molecular complexity index is 160. The van der Waals surface area contributed by atoms with Gasteiger partial charge in [-0.1, -0.05) is 0 Å². The predicted molar refractivity (Wildman–Crippen MR) is 2.75 cm³/mol. The van der Waals surface area contributed by atoms with Gasteiger partial charge in [-0.25, -0.2) is 0 Å². The van der Waals surface area contributed by atoms with Crippen molar-refractivity contribution >= 4 is 0 Å². The summed E-state index contributed by atoms with van der Waals surface area (Å²) >= 11 is -7.65. The zero-order chi connectivity index (χ0) is 5.21. The van der Waals surface area contributed by atoms with Crippen molar-refractivity contribution in [3.05, 3.63) is 0 Å². The molecule has 0 aliphatic carbocycles. The van der Waals surface area contributed by atoms with E-state index in [0.29, 0.717) is 0 Å². The number of rotatable bonds is 1. The first-order valence-corrected chi connectivity index (χ1v) is 9.78. The summed E-state index contributed by atoms with van der Waals surface area (Å²) in [5.41, 5.74) is 0. The van der Waals surface area contributed by atoms with Gasteiger partial charge in [0.1, 0.15) is 0 Å². The molecule has 0 spiro atoms. The van der Waals surface area contributed by atoms with Gasteiger partial charge in [0.15, 0.2) is 0 Å². The third kappa shape index (κ3) is 4.58. The summed E-state index contributed by atoms with van der Waals surface area (Å²) in [7, 11) is 0. The van der Waals surface area contributed by atoms with Crippen LogP contribution in [0.1, 0.15) is 0 Å². The molecule has 0 bridgehead atoms. The molecule has 0 radical (unpaired) electrons. The van der Waals surface area contributed by atoms with Gasteiger partial charge in [-0.05, 0) is 0 Å². The second kappa shape index (κ2) is 2.03. The Balaban J connectivity index is 4.80. The molecule has 6 heavy (non-hydrogen) atoms. The minimum absolute atomic E-state index is 2.41. The van der Waals surface area contributed by atoms with Crippen LogP contribution < -0.4 is 0 Å². The van der Waals surface area contributed by atoms with E-state index < -0.39 is 28.5 Å². The molecular formula is Mo2O4. The molecule has 0 atom stereocenters. The van der Waals surface area contributed by atoms with Crippen molar-refractivity contribution in [2.45, 2.75) is 0 Å². The molecule has 0 unspecified atom stereocenters. The quantitative estimate of drug-likeness (QED) is 0.594. The van der Waals surface area contributed by atoms with Gasteiger partial charge in [0.2, 0.25) is 0 Å². The first-order valence-electron chi connectivity index (χ1n) is 0.833. The molecule has 0 aliphatic rings. The molecule has 0 rings (SSSR count). The SMILES string of the molecule is [O]=[Mo][Mo](=[O])(=[O])=[O]. The van der Waals surface area contributed by atoms with E-state index in [1.165, 1.54) is 0 Å². The molecule has 0 saturated heterocycles. The number of hydrogen-bond acceptors (Lipinski definition) is 4. The van der Waals surface area contributed by atoms with E-state index >= 15 is 0 Å². The molecule has 4 nitrogen and oxygen atoms in total. The second-order valence-corrected chi connectivity index (χ2v) is 10.7. The third-order valence-corrected chi connectivity index (χ3v) is 2.92. The molecule has 0 amide bonds. The maximum atomic E-state index is 9.30. The first kappa shape index (κ1) is 6.58. The van der Waals surface area contributed by atoms with Crippen LogP contribution in [-0.2, 0) is 42.1 Å². The first-order chi connectivity index (χ1) is 2.56. The van der Waals surface area contributed by atoms with Gasteiger partial charge in [-0.3, -0.25) is 0 Å². The van der Waals surface area contributed by atoms with Crippen molar-refractivity contribution in [3.8, 4) is 0 Å². The van der Waals surface area contributed by atoms with Crippen LogP contribution in [-0.4, -0.2) is 0 Å². The summed E-state index contributed by atoms with van der Waals surface area (Å²) in [6, 6.07) is 0. The van der Waals surface area contributed by atoms with Crippen molar-refractivity contribution in [1.82, 2.24) is 0 Å². The van der Waals surface area contributed by atoms with Gasteiger partial charge in [-0.15, -0.1) is 0 Å². The van der Waals surface area contributed by atoms with Crippen molar-refractivity contribution in [2.24, 2.45) is 0 Å². The Morgan fingerprint density at radius 3 is 1.33 bits per heavy atom. The Morgan fingerprint density at radius 1 is 1.17 bits per heavy atom. The molecule has 0 heterocycles. The average Bonchev–Trinajstić information content (AvgIpc) is 1.35. The van der Waals surface area contributed by atoms with Crippen LogP contribution in [0.15, 0.2) is 0 Å². The fourth-order valence-corrected chi connectivity index (χ4v) is 0. The predicted octanol–water partition coefficient (Wildman–Crippen LogP) is -0.480. The van der Waals surface area contributed by atoms with Gasteiger partial charge in [0, 0.05) is 0 Å². The van der Waals surface area contributed by atoms with Gasteiger partial charge >= 0.3 is 42.1 Å². The van der Waals surface area contributed by atoms with Crippen LogP contribution >= 0.6 is 0 Å². The van der Waals surface area contributed by atoms with Crippen LogP contribution in [0.4, 0.5) is 0 Å². The third-order valence-electron chi connectivity index (χ3n) is 0.0833. The summed E-state index contributed by atoms with van der Waals surface area (Å²) < 4.78 is 37.1. The summed E-state index contributed by atoms with van der Waals surface area (Å²) in [6.45, 7) is 0. The normalized spacial score (nSPS) is 10.7. The molecule has 0 N–H and O–H groups in total. The Hall–Kier alpha value is 0.577. The molecule has 0 aromatic rings. The monoisotopic (exact) mass is 260 g/mol. The Morgan fingerprint density at radius 2 is 1.33 bits per heavy atom. The maximum absolute atomic E-state index is 9.30. The van der Waals surface area contributed by atoms with Crippen molar-refractivity contribution < 1.29 is 42.1 Å². The molecule has 0 aromatic heterocycles. The molecular weight excluding hydrogens is 256 g/mol. The van der Waals surface area contributed by atoms with Crippen LogP contribution in [0.5, 0.6) is 0 Å². The standard InChI is InChI=1S/2Mo.4O. The van der Waals surface area contributed by atoms with Crippen molar-refractivity contribution in [2.75, 3.05) is 0 Å². The van der Waals surface area contributed by atoms with E-state index in [2.05, 4.69) is 0 Å². The zero-order valence-corrected chi connectivity index (χ0v) is 6.46. The summed E-state index contributed by atoms with van der Waals surface area (Å²) in [6.07, 6.45) is 0. The minimum atomic E-state index is -5.24. The van der Waals surface area contributed by atoms with Crippen LogP contribution in [0.3, 0.4) is 0 Å². The van der Waals surface area contributed by atoms with E-state index in [4.69, 9.17) is 0 Å². The van der Waals surface area contributed by atoms with Crippen LogP contribution in [0.2, 0.25) is 0 Å². The van der Waals surface area contributed by atoms with Crippen LogP contribution in [0.25, 0.3) is 0 Å². The van der Waals surface area contributed by atoms with Gasteiger partial charge < -0.3 is 0 Å². The molecule has 0 saturated carbocycles. The van der Waals surface area contributed by atoms with E-state index in [9.17, 15) is 13.6 Å². The van der Waals surface area contributed by atoms with E-state index in [1.807, 2.05) is 0 Å². The van der Waals surface area contributed by atoms with E-state index in [0.717, 1.165) is 0 Å². The fraction of sp³-hybridized carbons (Fsp3) is 0.